The molecule has 0 bridgehead atoms. The van der Waals surface area contributed by atoms with Crippen LogP contribution in [0, 0.1) is 0 Å². The van der Waals surface area contributed by atoms with Gasteiger partial charge in [-0.15, -0.1) is 0 Å². The van der Waals surface area contributed by atoms with Crippen molar-refractivity contribution < 1.29 is 9.21 Å². The van der Waals surface area contributed by atoms with E-state index in [9.17, 15) is 4.79 Å². The number of nitrogens with one attached hydrogen (secondary N) is 2. The minimum absolute atomic E-state index is 0.302. The van der Waals surface area contributed by atoms with E-state index in [0.717, 1.165) is 5.38 Å². The maximum atomic E-state index is 11.6. The summed E-state index contributed by atoms with van der Waals surface area (Å²) in [6.07, 6.45) is 1.67. The molecule has 0 aliphatic carbocycles. The number of hydrogen-bond donors (Lipinski definition) is 2. The number of furan rings is 1. The van der Waals surface area contributed by atoms with Gasteiger partial charge in [0, 0.05) is 6.54 Å². The minimum atomic E-state index is -1.52. The van der Waals surface area contributed by atoms with Crippen LogP contribution >= 0.6 is 0 Å². The second-order valence-corrected chi connectivity index (χ2v) is 11.7. The van der Waals surface area contributed by atoms with Crippen LogP contribution in [0.5, 0.6) is 0 Å². The van der Waals surface area contributed by atoms with Crippen LogP contribution in [0.25, 0.3) is 22.6 Å². The monoisotopic (exact) mass is 355 g/mol. The summed E-state index contributed by atoms with van der Waals surface area (Å²) >= 11 is 0. The van der Waals surface area contributed by atoms with Gasteiger partial charge < -0.3 is 9.73 Å². The lowest BCUT2D eigenvalue weighted by molar-refractivity contribution is 0.252. The van der Waals surface area contributed by atoms with Gasteiger partial charge in [-0.2, -0.15) is 0 Å². The first-order valence-electron chi connectivity index (χ1n) is 8.16. The Labute approximate surface area is 146 Å². The number of urea groups is 1. The van der Waals surface area contributed by atoms with E-state index in [1.54, 1.807) is 18.3 Å². The van der Waals surface area contributed by atoms with Crippen molar-refractivity contribution in [2.24, 2.45) is 0 Å². The molecular formula is C17H21N5O2Si. The van der Waals surface area contributed by atoms with Crippen LogP contribution in [0.1, 0.15) is 6.92 Å². The molecule has 3 rings (SSSR count). The summed E-state index contributed by atoms with van der Waals surface area (Å²) in [5.74, 6) is 1.10. The summed E-state index contributed by atoms with van der Waals surface area (Å²) in [4.78, 5) is 24.9. The fraction of sp³-hybridized carbons (Fsp3) is 0.294. The number of rotatable bonds is 4. The number of fused-ring (bicyclic) bond motifs is 1. The van der Waals surface area contributed by atoms with Crippen molar-refractivity contribution in [3.63, 3.8) is 0 Å². The van der Waals surface area contributed by atoms with Gasteiger partial charge in [-0.1, -0.05) is 19.6 Å². The molecule has 0 saturated carbocycles. The maximum Gasteiger partial charge on any atom is 0.320 e. The van der Waals surface area contributed by atoms with Gasteiger partial charge in [0.05, 0.1) is 11.6 Å². The van der Waals surface area contributed by atoms with E-state index in [2.05, 4.69) is 45.2 Å². The van der Waals surface area contributed by atoms with Crippen LogP contribution in [-0.2, 0) is 0 Å². The van der Waals surface area contributed by atoms with Crippen molar-refractivity contribution in [2.45, 2.75) is 26.6 Å². The van der Waals surface area contributed by atoms with Crippen LogP contribution in [0.15, 0.2) is 34.9 Å². The molecule has 8 heteroatoms. The Morgan fingerprint density at radius 3 is 2.64 bits per heavy atom. The van der Waals surface area contributed by atoms with Gasteiger partial charge in [0.1, 0.15) is 25.1 Å². The normalized spacial score (nSPS) is 11.5. The summed E-state index contributed by atoms with van der Waals surface area (Å²) in [6.45, 7) is 9.07. The first kappa shape index (κ1) is 17.1. The van der Waals surface area contributed by atoms with Crippen molar-refractivity contribution in [2.75, 3.05) is 11.9 Å². The van der Waals surface area contributed by atoms with Crippen molar-refractivity contribution in [1.29, 1.82) is 0 Å². The highest BCUT2D eigenvalue weighted by Crippen LogP contribution is 2.20. The van der Waals surface area contributed by atoms with E-state index in [1.807, 2.05) is 19.1 Å². The predicted molar refractivity (Wildman–Crippen MR) is 101 cm³/mol. The van der Waals surface area contributed by atoms with E-state index >= 15 is 0 Å². The molecule has 0 aliphatic rings. The van der Waals surface area contributed by atoms with Gasteiger partial charge in [0.15, 0.2) is 11.4 Å². The summed E-state index contributed by atoms with van der Waals surface area (Å²) in [7, 11) is -1.52. The lowest BCUT2D eigenvalue weighted by Crippen LogP contribution is -2.36. The molecule has 0 unspecified atom stereocenters. The third-order valence-electron chi connectivity index (χ3n) is 3.58. The lowest BCUT2D eigenvalue weighted by Gasteiger charge is -2.11. The van der Waals surface area contributed by atoms with E-state index in [-0.39, 0.29) is 6.03 Å². The molecule has 3 aromatic heterocycles. The molecule has 0 radical (unpaired) electrons. The molecule has 3 aromatic rings. The lowest BCUT2D eigenvalue weighted by atomic mass is 10.3. The Bertz CT molecular complexity index is 917. The van der Waals surface area contributed by atoms with Gasteiger partial charge in [0.25, 0.3) is 0 Å². The Hall–Kier alpha value is -2.74. The van der Waals surface area contributed by atoms with Crippen LogP contribution in [-0.4, -0.2) is 35.6 Å². The first-order chi connectivity index (χ1) is 11.9. The fourth-order valence-electron chi connectivity index (χ4n) is 2.29. The maximum absolute atomic E-state index is 11.6. The molecule has 7 nitrogen and oxygen atoms in total. The quantitative estimate of drug-likeness (QED) is 0.702. The molecule has 0 atom stereocenters. The molecule has 0 fully saturated rings. The van der Waals surface area contributed by atoms with Crippen molar-refractivity contribution >= 4 is 36.5 Å². The van der Waals surface area contributed by atoms with E-state index in [4.69, 9.17) is 4.42 Å². The van der Waals surface area contributed by atoms with Crippen LogP contribution in [0.4, 0.5) is 10.6 Å². The number of pyridine rings is 1. The molecule has 0 aromatic carbocycles. The number of anilines is 1. The topological polar surface area (TPSA) is 92.9 Å². The zero-order chi connectivity index (χ0) is 18.0. The van der Waals surface area contributed by atoms with Crippen LogP contribution < -0.4 is 16.0 Å². The molecule has 3 heterocycles. The average molecular weight is 355 g/mol. The van der Waals surface area contributed by atoms with E-state index in [0.29, 0.717) is 35.0 Å². The predicted octanol–water partition coefficient (Wildman–Crippen LogP) is 2.97. The second-order valence-electron chi connectivity index (χ2n) is 6.69. The molecule has 2 N–H and O–H groups in total. The van der Waals surface area contributed by atoms with Gasteiger partial charge in [-0.25, -0.2) is 14.8 Å². The van der Waals surface area contributed by atoms with Crippen molar-refractivity contribution in [3.05, 3.63) is 30.5 Å². The summed E-state index contributed by atoms with van der Waals surface area (Å²) in [5, 5.41) is 6.35. The van der Waals surface area contributed by atoms with Crippen LogP contribution in [0.3, 0.4) is 0 Å². The number of carbonyl (C=O) groups excluding carboxylic acids is 1. The van der Waals surface area contributed by atoms with Crippen molar-refractivity contribution in [3.8, 4) is 11.5 Å². The number of carbonyl (C=O) groups is 1. The molecule has 0 aliphatic heterocycles. The molecule has 0 saturated heterocycles. The number of nitrogens with zero attached hydrogens (tertiary/aromatic N) is 3. The van der Waals surface area contributed by atoms with Gasteiger partial charge in [-0.3, -0.25) is 10.3 Å². The largest absolute Gasteiger partial charge is 0.465 e. The fourth-order valence-corrected chi connectivity index (χ4v) is 3.29. The third kappa shape index (κ3) is 3.85. The Kier molecular flexibility index (Phi) is 4.54. The standard InChI is InChI=1S/C17H21N5O2Si/c1-5-18-17(23)22-14-8-6-11-16(21-14)20-12(10-19-11)13-7-9-15(24-13)25(2,3)4/h6-10H,5H2,1-4H3,(H2,18,20,21,22,23). The van der Waals surface area contributed by atoms with Gasteiger partial charge in [-0.05, 0) is 31.2 Å². The summed E-state index contributed by atoms with van der Waals surface area (Å²) in [5.41, 5.74) is 1.74. The smallest absolute Gasteiger partial charge is 0.320 e. The number of aromatic nitrogens is 3. The molecule has 130 valence electrons. The van der Waals surface area contributed by atoms with E-state index < -0.39 is 8.07 Å². The Morgan fingerprint density at radius 2 is 1.96 bits per heavy atom. The summed E-state index contributed by atoms with van der Waals surface area (Å²) in [6, 6.07) is 7.09. The Morgan fingerprint density at radius 1 is 1.16 bits per heavy atom. The zero-order valence-corrected chi connectivity index (χ0v) is 15.8. The second kappa shape index (κ2) is 6.64. The molecule has 2 amide bonds. The van der Waals surface area contributed by atoms with E-state index in [1.165, 1.54) is 0 Å². The molecule has 25 heavy (non-hydrogen) atoms. The molecule has 0 spiro atoms. The first-order valence-corrected chi connectivity index (χ1v) is 11.7. The van der Waals surface area contributed by atoms with Gasteiger partial charge in [0.2, 0.25) is 0 Å². The number of amides is 2. The highest BCUT2D eigenvalue weighted by Gasteiger charge is 2.21. The van der Waals surface area contributed by atoms with Crippen molar-refractivity contribution in [1.82, 2.24) is 20.3 Å². The highest BCUT2D eigenvalue weighted by molar-refractivity contribution is 6.87. The zero-order valence-electron chi connectivity index (χ0n) is 14.8. The summed E-state index contributed by atoms with van der Waals surface area (Å²) < 4.78 is 5.96. The van der Waals surface area contributed by atoms with Gasteiger partial charge >= 0.3 is 6.03 Å². The highest BCUT2D eigenvalue weighted by atomic mass is 28.3. The SMILES string of the molecule is CCNC(=O)Nc1ccc2ncc(-c3ccc([Si](C)(C)C)o3)nc2n1. The van der Waals surface area contributed by atoms with Crippen LogP contribution in [0.2, 0.25) is 19.6 Å². The average Bonchev–Trinajstić information content (AvgIpc) is 3.04. The molecular weight excluding hydrogens is 334 g/mol. The minimum Gasteiger partial charge on any atom is -0.465 e. The Balaban J connectivity index is 1.93. The third-order valence-corrected chi connectivity index (χ3v) is 5.33. The number of hydrogen-bond acceptors (Lipinski definition) is 5.